The molecule has 29 heavy (non-hydrogen) atoms. The number of aryl methyl sites for hydroxylation is 2. The third kappa shape index (κ3) is 4.60. The van der Waals surface area contributed by atoms with Crippen molar-refractivity contribution in [2.45, 2.75) is 27.0 Å². The molecule has 1 heterocycles. The van der Waals surface area contributed by atoms with E-state index in [0.717, 1.165) is 22.8 Å². The summed E-state index contributed by atoms with van der Waals surface area (Å²) in [6.07, 6.45) is 1.43. The van der Waals surface area contributed by atoms with Gasteiger partial charge in [0.1, 0.15) is 11.6 Å². The molecule has 0 bridgehead atoms. The summed E-state index contributed by atoms with van der Waals surface area (Å²) in [6, 6.07) is 6.88. The fraction of sp³-hybridized carbons (Fsp3) is 0.238. The Bertz CT molecular complexity index is 1090. The predicted molar refractivity (Wildman–Crippen MR) is 106 cm³/mol. The molecule has 0 amide bonds. The highest BCUT2D eigenvalue weighted by molar-refractivity contribution is 5.61. The average Bonchev–Trinajstić information content (AvgIpc) is 2.65. The third-order valence-electron chi connectivity index (χ3n) is 4.56. The van der Waals surface area contributed by atoms with Crippen LogP contribution in [0, 0.1) is 25.5 Å². The number of anilines is 2. The summed E-state index contributed by atoms with van der Waals surface area (Å²) >= 11 is 0. The van der Waals surface area contributed by atoms with E-state index >= 15 is 0 Å². The largest absolute Gasteiger partial charge is 0.490 e. The molecule has 0 unspecified atom stereocenters. The maximum absolute atomic E-state index is 13.6. The van der Waals surface area contributed by atoms with Crippen LogP contribution >= 0.6 is 0 Å². The second-order valence-corrected chi connectivity index (χ2v) is 6.72. The summed E-state index contributed by atoms with van der Waals surface area (Å²) in [5, 5.41) is 12.6. The minimum absolute atomic E-state index is 0.00380. The number of aromatic nitrogens is 2. The molecule has 2 aromatic carbocycles. The van der Waals surface area contributed by atoms with Crippen molar-refractivity contribution in [3.05, 3.63) is 80.8 Å². The van der Waals surface area contributed by atoms with Gasteiger partial charge in [-0.2, -0.15) is 4.98 Å². The first kappa shape index (κ1) is 20.5. The summed E-state index contributed by atoms with van der Waals surface area (Å²) in [6.45, 7) is 3.69. The van der Waals surface area contributed by atoms with E-state index in [2.05, 4.69) is 10.3 Å². The summed E-state index contributed by atoms with van der Waals surface area (Å²) < 4.78 is 33.7. The summed E-state index contributed by atoms with van der Waals surface area (Å²) in [7, 11) is 1.34. The molecule has 0 radical (unpaired) electrons. The molecular weight excluding hydrogens is 380 g/mol. The predicted octanol–water partition coefficient (Wildman–Crippen LogP) is 3.43. The Morgan fingerprint density at radius 2 is 1.79 bits per heavy atom. The Hall–Kier alpha value is -3.26. The highest BCUT2D eigenvalue weighted by atomic mass is 19.1. The molecule has 0 aliphatic heterocycles. The first-order chi connectivity index (χ1) is 13.8. The van der Waals surface area contributed by atoms with E-state index in [1.54, 1.807) is 6.07 Å². The summed E-state index contributed by atoms with van der Waals surface area (Å²) in [4.78, 5) is 16.2. The molecule has 0 atom stereocenters. The van der Waals surface area contributed by atoms with Gasteiger partial charge in [-0.25, -0.2) is 8.78 Å². The normalized spacial score (nSPS) is 10.8. The van der Waals surface area contributed by atoms with Gasteiger partial charge in [0.15, 0.2) is 0 Å². The molecule has 3 rings (SSSR count). The van der Waals surface area contributed by atoms with Crippen molar-refractivity contribution in [3.63, 3.8) is 0 Å². The van der Waals surface area contributed by atoms with E-state index in [0.29, 0.717) is 11.3 Å². The van der Waals surface area contributed by atoms with Crippen molar-refractivity contribution < 1.29 is 18.6 Å². The number of nitrogens with zero attached hydrogens (tertiary/aromatic N) is 2. The minimum Gasteiger partial charge on any atom is -0.490 e. The Kier molecular flexibility index (Phi) is 5.93. The molecule has 152 valence electrons. The van der Waals surface area contributed by atoms with E-state index in [-0.39, 0.29) is 24.8 Å². The zero-order valence-corrected chi connectivity index (χ0v) is 16.3. The molecule has 3 aromatic rings. The zero-order valence-electron chi connectivity index (χ0n) is 16.3. The fourth-order valence-corrected chi connectivity index (χ4v) is 3.06. The van der Waals surface area contributed by atoms with E-state index < -0.39 is 17.2 Å². The van der Waals surface area contributed by atoms with E-state index in [4.69, 9.17) is 4.74 Å². The van der Waals surface area contributed by atoms with Crippen LogP contribution in [0.5, 0.6) is 5.75 Å². The molecule has 0 spiro atoms. The van der Waals surface area contributed by atoms with Gasteiger partial charge in [0.05, 0.1) is 26.5 Å². The lowest BCUT2D eigenvalue weighted by Crippen LogP contribution is -2.19. The molecule has 0 fully saturated rings. The highest BCUT2D eigenvalue weighted by Crippen LogP contribution is 2.24. The summed E-state index contributed by atoms with van der Waals surface area (Å²) in [5.74, 6) is -1.21. The summed E-state index contributed by atoms with van der Waals surface area (Å²) in [5.41, 5.74) is 2.97. The number of aliphatic hydroxyl groups excluding tert-OH is 1. The van der Waals surface area contributed by atoms with Crippen LogP contribution in [0.2, 0.25) is 0 Å². The number of halogens is 2. The monoisotopic (exact) mass is 401 g/mol. The van der Waals surface area contributed by atoms with Gasteiger partial charge in [0.25, 0.3) is 0 Å². The van der Waals surface area contributed by atoms with Crippen molar-refractivity contribution >= 4 is 11.6 Å². The highest BCUT2D eigenvalue weighted by Gasteiger charge is 2.13. The van der Waals surface area contributed by atoms with Gasteiger partial charge in [-0.05, 0) is 54.3 Å². The number of nitrogens with one attached hydrogen (secondary N) is 1. The quantitative estimate of drug-likeness (QED) is 0.662. The first-order valence-electron chi connectivity index (χ1n) is 8.89. The van der Waals surface area contributed by atoms with Crippen LogP contribution in [0.4, 0.5) is 20.4 Å². The molecular formula is C21H21F2N3O3. The van der Waals surface area contributed by atoms with Crippen molar-refractivity contribution in [2.75, 3.05) is 12.4 Å². The topological polar surface area (TPSA) is 76.4 Å². The van der Waals surface area contributed by atoms with Crippen molar-refractivity contribution in [1.82, 2.24) is 9.55 Å². The van der Waals surface area contributed by atoms with E-state index in [9.17, 15) is 18.7 Å². The molecule has 2 N–H and O–H groups in total. The molecule has 1 aromatic heterocycles. The molecule has 0 aliphatic rings. The van der Waals surface area contributed by atoms with Crippen LogP contribution < -0.4 is 15.6 Å². The average molecular weight is 401 g/mol. The van der Waals surface area contributed by atoms with Crippen LogP contribution in [-0.2, 0) is 13.2 Å². The van der Waals surface area contributed by atoms with E-state index in [1.165, 1.54) is 30.0 Å². The van der Waals surface area contributed by atoms with Crippen LogP contribution in [0.15, 0.2) is 41.3 Å². The van der Waals surface area contributed by atoms with E-state index in [1.807, 2.05) is 19.9 Å². The SMILES string of the molecule is COc1cn(Cc2cc(F)cc(F)c2)c(Nc2cc(CO)c(C)cc2C)nc1=O. The van der Waals surface area contributed by atoms with Gasteiger partial charge in [0, 0.05) is 11.8 Å². The van der Waals surface area contributed by atoms with Crippen LogP contribution in [0.3, 0.4) is 0 Å². The van der Waals surface area contributed by atoms with Crippen molar-refractivity contribution in [1.29, 1.82) is 0 Å². The lowest BCUT2D eigenvalue weighted by molar-refractivity contribution is 0.281. The molecule has 0 saturated carbocycles. The molecule has 0 aliphatic carbocycles. The second kappa shape index (κ2) is 8.40. The maximum Gasteiger partial charge on any atom is 0.316 e. The van der Waals surface area contributed by atoms with Gasteiger partial charge < -0.3 is 19.7 Å². The van der Waals surface area contributed by atoms with Gasteiger partial charge in [0.2, 0.25) is 11.7 Å². The number of methoxy groups -OCH3 is 1. The van der Waals surface area contributed by atoms with Gasteiger partial charge >= 0.3 is 5.56 Å². The van der Waals surface area contributed by atoms with Gasteiger partial charge in [-0.3, -0.25) is 4.79 Å². The lowest BCUT2D eigenvalue weighted by Gasteiger charge is -2.17. The molecule has 8 heteroatoms. The Labute approximate surface area is 166 Å². The maximum atomic E-state index is 13.6. The minimum atomic E-state index is -0.697. The number of benzene rings is 2. The van der Waals surface area contributed by atoms with Crippen molar-refractivity contribution in [3.8, 4) is 5.75 Å². The number of rotatable bonds is 6. The number of aliphatic hydroxyl groups is 1. The Balaban J connectivity index is 2.06. The Morgan fingerprint density at radius 1 is 1.10 bits per heavy atom. The van der Waals surface area contributed by atoms with Gasteiger partial charge in [-0.1, -0.05) is 6.07 Å². The first-order valence-corrected chi connectivity index (χ1v) is 8.89. The zero-order chi connectivity index (χ0) is 21.1. The second-order valence-electron chi connectivity index (χ2n) is 6.72. The standard InChI is InChI=1S/C21H21F2N3O3/c1-12-4-13(2)18(7-15(12)11-27)24-21-25-20(28)19(29-3)10-26(21)9-14-5-16(22)8-17(23)6-14/h4-8,10,27H,9,11H2,1-3H3,(H,24,25,28). The fourth-order valence-electron chi connectivity index (χ4n) is 3.06. The Morgan fingerprint density at radius 3 is 2.41 bits per heavy atom. The smallest absolute Gasteiger partial charge is 0.316 e. The molecule has 6 nitrogen and oxygen atoms in total. The number of hydrogen-bond acceptors (Lipinski definition) is 5. The van der Waals surface area contributed by atoms with Crippen LogP contribution in [0.25, 0.3) is 0 Å². The van der Waals surface area contributed by atoms with Crippen molar-refractivity contribution in [2.24, 2.45) is 0 Å². The molecule has 0 saturated heterocycles. The van der Waals surface area contributed by atoms with Gasteiger partial charge in [-0.15, -0.1) is 0 Å². The lowest BCUT2D eigenvalue weighted by atomic mass is 10.0. The number of hydrogen-bond donors (Lipinski definition) is 2. The van der Waals surface area contributed by atoms with Crippen LogP contribution in [-0.4, -0.2) is 21.8 Å². The number of ether oxygens (including phenoxy) is 1. The third-order valence-corrected chi connectivity index (χ3v) is 4.56. The van der Waals surface area contributed by atoms with Crippen LogP contribution in [0.1, 0.15) is 22.3 Å².